The summed E-state index contributed by atoms with van der Waals surface area (Å²) in [6, 6.07) is 12.1. The molecule has 3 heterocycles. The Kier molecular flexibility index (Phi) is 7.21. The summed E-state index contributed by atoms with van der Waals surface area (Å²) in [5.74, 6) is 2.52. The highest BCUT2D eigenvalue weighted by Gasteiger charge is 2.21. The summed E-state index contributed by atoms with van der Waals surface area (Å²) in [6.45, 7) is 2.80. The minimum atomic E-state index is 0.122. The molecule has 1 fully saturated rings. The van der Waals surface area contributed by atoms with E-state index in [0.717, 1.165) is 68.3 Å². The molecule has 1 aromatic carbocycles. The highest BCUT2D eigenvalue weighted by molar-refractivity contribution is 5.76. The number of likely N-dealkylation sites (tertiary alicyclic amines) is 1. The lowest BCUT2D eigenvalue weighted by molar-refractivity contribution is -0.122. The van der Waals surface area contributed by atoms with Crippen LogP contribution in [0.5, 0.6) is 11.5 Å². The van der Waals surface area contributed by atoms with Gasteiger partial charge in [-0.15, -0.1) is 10.2 Å². The Morgan fingerprint density at radius 2 is 1.91 bits per heavy atom. The third-order valence-electron chi connectivity index (χ3n) is 6.00. The van der Waals surface area contributed by atoms with Crippen molar-refractivity contribution in [2.45, 2.75) is 44.7 Å². The number of aryl methyl sites for hydroxylation is 1. The SMILES string of the molecule is COc1ccc(CN2CCC(NC(=O)CCCc3nnc4ccccn34)CC2)cc1OC. The van der Waals surface area contributed by atoms with Gasteiger partial charge in [0.15, 0.2) is 17.1 Å². The maximum absolute atomic E-state index is 12.4. The Morgan fingerprint density at radius 1 is 1.09 bits per heavy atom. The van der Waals surface area contributed by atoms with Gasteiger partial charge in [0.05, 0.1) is 14.2 Å². The zero-order valence-corrected chi connectivity index (χ0v) is 18.8. The molecule has 0 bridgehead atoms. The molecule has 0 aliphatic carbocycles. The molecule has 0 spiro atoms. The number of benzene rings is 1. The first-order valence-electron chi connectivity index (χ1n) is 11.2. The fraction of sp³-hybridized carbons (Fsp3) is 0.458. The molecule has 1 aliphatic heterocycles. The van der Waals surface area contributed by atoms with Crippen LogP contribution in [0.25, 0.3) is 5.65 Å². The molecule has 0 saturated carbocycles. The number of nitrogens with zero attached hydrogens (tertiary/aromatic N) is 4. The van der Waals surface area contributed by atoms with E-state index >= 15 is 0 Å². The fourth-order valence-electron chi connectivity index (χ4n) is 4.24. The summed E-state index contributed by atoms with van der Waals surface area (Å²) in [4.78, 5) is 14.8. The first-order chi connectivity index (χ1) is 15.7. The smallest absolute Gasteiger partial charge is 0.220 e. The van der Waals surface area contributed by atoms with Crippen LogP contribution in [0.4, 0.5) is 0 Å². The zero-order chi connectivity index (χ0) is 22.3. The molecule has 32 heavy (non-hydrogen) atoms. The van der Waals surface area contributed by atoms with Crippen molar-refractivity contribution in [2.24, 2.45) is 0 Å². The first kappa shape index (κ1) is 22.1. The van der Waals surface area contributed by atoms with E-state index in [1.165, 1.54) is 5.56 Å². The van der Waals surface area contributed by atoms with E-state index in [1.54, 1.807) is 14.2 Å². The Labute approximate surface area is 188 Å². The standard InChI is InChI=1S/C24H31N5O3/c1-31-20-10-9-18(16-21(20)32-2)17-28-14-11-19(12-15-28)25-24(30)8-5-7-23-27-26-22-6-3-4-13-29(22)23/h3-4,6,9-10,13,16,19H,5,7-8,11-12,14-15,17H2,1-2H3,(H,25,30). The molecule has 1 amide bonds. The number of piperidine rings is 1. The number of carbonyl (C=O) groups excluding carboxylic acids is 1. The zero-order valence-electron chi connectivity index (χ0n) is 18.8. The van der Waals surface area contributed by atoms with Gasteiger partial charge in [-0.25, -0.2) is 0 Å². The quantitative estimate of drug-likeness (QED) is 0.554. The number of hydrogen-bond acceptors (Lipinski definition) is 6. The van der Waals surface area contributed by atoms with Crippen molar-refractivity contribution < 1.29 is 14.3 Å². The lowest BCUT2D eigenvalue weighted by atomic mass is 10.0. The molecule has 8 nitrogen and oxygen atoms in total. The predicted molar refractivity (Wildman–Crippen MR) is 122 cm³/mol. The van der Waals surface area contributed by atoms with Crippen LogP contribution in [0.2, 0.25) is 0 Å². The van der Waals surface area contributed by atoms with Gasteiger partial charge in [0, 0.05) is 44.7 Å². The molecule has 1 aliphatic rings. The van der Waals surface area contributed by atoms with Gasteiger partial charge in [0.2, 0.25) is 5.91 Å². The predicted octanol–water partition coefficient (Wildman–Crippen LogP) is 2.85. The number of carbonyl (C=O) groups is 1. The van der Waals surface area contributed by atoms with Crippen LogP contribution < -0.4 is 14.8 Å². The van der Waals surface area contributed by atoms with Crippen molar-refractivity contribution in [1.29, 1.82) is 0 Å². The van der Waals surface area contributed by atoms with Crippen LogP contribution in [-0.2, 0) is 17.8 Å². The Morgan fingerprint density at radius 3 is 2.69 bits per heavy atom. The highest BCUT2D eigenvalue weighted by Crippen LogP contribution is 2.28. The second-order valence-corrected chi connectivity index (χ2v) is 8.21. The minimum absolute atomic E-state index is 0.122. The van der Waals surface area contributed by atoms with Gasteiger partial charge in [-0.2, -0.15) is 0 Å². The van der Waals surface area contributed by atoms with Crippen molar-refractivity contribution in [3.63, 3.8) is 0 Å². The Balaban J connectivity index is 1.18. The lowest BCUT2D eigenvalue weighted by Crippen LogP contribution is -2.44. The number of hydrogen-bond donors (Lipinski definition) is 1. The second-order valence-electron chi connectivity index (χ2n) is 8.21. The Bertz CT molecular complexity index is 1040. The van der Waals surface area contributed by atoms with Crippen molar-refractivity contribution in [2.75, 3.05) is 27.3 Å². The molecule has 170 valence electrons. The van der Waals surface area contributed by atoms with Crippen LogP contribution in [0.15, 0.2) is 42.6 Å². The fourth-order valence-corrected chi connectivity index (χ4v) is 4.24. The summed E-state index contributed by atoms with van der Waals surface area (Å²) in [7, 11) is 3.30. The molecule has 1 N–H and O–H groups in total. The average molecular weight is 438 g/mol. The number of pyridine rings is 1. The summed E-state index contributed by atoms with van der Waals surface area (Å²) in [5, 5.41) is 11.6. The van der Waals surface area contributed by atoms with E-state index in [-0.39, 0.29) is 11.9 Å². The normalized spacial score (nSPS) is 15.1. The number of fused-ring (bicyclic) bond motifs is 1. The van der Waals surface area contributed by atoms with Crippen LogP contribution in [0.1, 0.15) is 37.1 Å². The summed E-state index contributed by atoms with van der Waals surface area (Å²) < 4.78 is 12.7. The van der Waals surface area contributed by atoms with E-state index in [1.807, 2.05) is 40.9 Å². The number of methoxy groups -OCH3 is 2. The number of amides is 1. The van der Waals surface area contributed by atoms with Crippen molar-refractivity contribution in [3.05, 3.63) is 54.0 Å². The molecule has 8 heteroatoms. The van der Waals surface area contributed by atoms with E-state index in [9.17, 15) is 4.79 Å². The van der Waals surface area contributed by atoms with Crippen LogP contribution in [0.3, 0.4) is 0 Å². The van der Waals surface area contributed by atoms with Crippen molar-refractivity contribution >= 4 is 11.6 Å². The van der Waals surface area contributed by atoms with Crippen molar-refractivity contribution in [1.82, 2.24) is 24.8 Å². The molecule has 3 aromatic rings. The molecule has 4 rings (SSSR count). The van der Waals surface area contributed by atoms with Crippen LogP contribution in [0, 0.1) is 0 Å². The molecule has 1 saturated heterocycles. The number of nitrogens with one attached hydrogen (secondary N) is 1. The molecule has 2 aromatic heterocycles. The van der Waals surface area contributed by atoms with Gasteiger partial charge in [-0.05, 0) is 49.1 Å². The first-order valence-corrected chi connectivity index (χ1v) is 11.2. The van der Waals surface area contributed by atoms with E-state index in [4.69, 9.17) is 9.47 Å². The third-order valence-corrected chi connectivity index (χ3v) is 6.00. The van der Waals surface area contributed by atoms with Crippen LogP contribution >= 0.6 is 0 Å². The third kappa shape index (κ3) is 5.37. The largest absolute Gasteiger partial charge is 0.493 e. The number of aromatic nitrogens is 3. The average Bonchev–Trinajstić information content (AvgIpc) is 3.23. The monoisotopic (exact) mass is 437 g/mol. The molecule has 0 radical (unpaired) electrons. The van der Waals surface area contributed by atoms with Gasteiger partial charge in [0.1, 0.15) is 5.82 Å². The summed E-state index contributed by atoms with van der Waals surface area (Å²) in [5.41, 5.74) is 2.04. The molecule has 0 atom stereocenters. The summed E-state index contributed by atoms with van der Waals surface area (Å²) in [6.07, 6.45) is 5.90. The van der Waals surface area contributed by atoms with E-state index in [2.05, 4.69) is 26.5 Å². The molecular formula is C24H31N5O3. The van der Waals surface area contributed by atoms with Gasteiger partial charge < -0.3 is 14.8 Å². The van der Waals surface area contributed by atoms with E-state index < -0.39 is 0 Å². The van der Waals surface area contributed by atoms with Crippen LogP contribution in [-0.4, -0.2) is 58.8 Å². The van der Waals surface area contributed by atoms with Crippen molar-refractivity contribution in [3.8, 4) is 11.5 Å². The van der Waals surface area contributed by atoms with Gasteiger partial charge in [-0.3, -0.25) is 14.1 Å². The topological polar surface area (TPSA) is 81.0 Å². The molecule has 0 unspecified atom stereocenters. The minimum Gasteiger partial charge on any atom is -0.493 e. The maximum Gasteiger partial charge on any atom is 0.220 e. The second kappa shape index (κ2) is 10.5. The number of rotatable bonds is 9. The molecular weight excluding hydrogens is 406 g/mol. The number of ether oxygens (including phenoxy) is 2. The van der Waals surface area contributed by atoms with Gasteiger partial charge >= 0.3 is 0 Å². The van der Waals surface area contributed by atoms with Gasteiger partial charge in [-0.1, -0.05) is 12.1 Å². The highest BCUT2D eigenvalue weighted by atomic mass is 16.5. The maximum atomic E-state index is 12.4. The van der Waals surface area contributed by atoms with E-state index in [0.29, 0.717) is 6.42 Å². The summed E-state index contributed by atoms with van der Waals surface area (Å²) >= 11 is 0. The Hall–Kier alpha value is -3.13. The van der Waals surface area contributed by atoms with Gasteiger partial charge in [0.25, 0.3) is 0 Å². The lowest BCUT2D eigenvalue weighted by Gasteiger charge is -2.32.